The van der Waals surface area contributed by atoms with E-state index in [1.165, 1.54) is 32.1 Å². The van der Waals surface area contributed by atoms with E-state index in [-0.39, 0.29) is 0 Å². The first-order chi connectivity index (χ1) is 13.3. The Labute approximate surface area is 164 Å². The molecule has 0 N–H and O–H groups in total. The standard InChI is InChI=1S/C21H38O6/c22-20-24-16-12-8-4-2-1-3-5-9-13-17-25-21(23)27-19-15-11-7-6-10-14-18-26-20/h1-19H2. The van der Waals surface area contributed by atoms with Crippen LogP contribution in [0.5, 0.6) is 0 Å². The number of carbonyl (C=O) groups is 2. The lowest BCUT2D eigenvalue weighted by atomic mass is 10.1. The van der Waals surface area contributed by atoms with Crippen molar-refractivity contribution in [2.75, 3.05) is 26.4 Å². The lowest BCUT2D eigenvalue weighted by molar-refractivity contribution is 0.0513. The first kappa shape index (κ1) is 23.6. The van der Waals surface area contributed by atoms with Gasteiger partial charge in [-0.15, -0.1) is 0 Å². The van der Waals surface area contributed by atoms with Crippen LogP contribution < -0.4 is 0 Å². The van der Waals surface area contributed by atoms with Crippen molar-refractivity contribution in [1.82, 2.24) is 0 Å². The van der Waals surface area contributed by atoms with Crippen LogP contribution >= 0.6 is 0 Å². The summed E-state index contributed by atoms with van der Waals surface area (Å²) in [5.74, 6) is 0. The molecule has 0 aromatic rings. The summed E-state index contributed by atoms with van der Waals surface area (Å²) in [5, 5.41) is 0. The summed E-state index contributed by atoms with van der Waals surface area (Å²) in [6.45, 7) is 1.76. The molecule has 6 nitrogen and oxygen atoms in total. The van der Waals surface area contributed by atoms with Crippen molar-refractivity contribution in [3.63, 3.8) is 0 Å². The highest BCUT2D eigenvalue weighted by Gasteiger charge is 2.05. The lowest BCUT2D eigenvalue weighted by Gasteiger charge is -2.07. The van der Waals surface area contributed by atoms with Gasteiger partial charge in [0.15, 0.2) is 0 Å². The van der Waals surface area contributed by atoms with Gasteiger partial charge in [-0.1, -0.05) is 70.6 Å². The van der Waals surface area contributed by atoms with Crippen LogP contribution in [-0.4, -0.2) is 38.7 Å². The van der Waals surface area contributed by atoms with E-state index in [2.05, 4.69) is 0 Å². The second-order valence-corrected chi connectivity index (χ2v) is 7.20. The zero-order chi connectivity index (χ0) is 19.4. The van der Waals surface area contributed by atoms with E-state index < -0.39 is 12.3 Å². The topological polar surface area (TPSA) is 71.1 Å². The first-order valence-electron chi connectivity index (χ1n) is 10.9. The minimum absolute atomic E-state index is 0.424. The molecule has 0 aromatic carbocycles. The van der Waals surface area contributed by atoms with Crippen molar-refractivity contribution in [2.45, 2.75) is 96.3 Å². The number of rotatable bonds is 0. The summed E-state index contributed by atoms with van der Waals surface area (Å²) in [4.78, 5) is 22.9. The second-order valence-electron chi connectivity index (χ2n) is 7.20. The Kier molecular flexibility index (Phi) is 15.7. The Morgan fingerprint density at radius 1 is 0.333 bits per heavy atom. The van der Waals surface area contributed by atoms with E-state index in [1.54, 1.807) is 0 Å². The Morgan fingerprint density at radius 3 is 0.741 bits per heavy atom. The molecule has 158 valence electrons. The van der Waals surface area contributed by atoms with Gasteiger partial charge in [-0.3, -0.25) is 0 Å². The number of hydrogen-bond donors (Lipinski definition) is 0. The highest BCUT2D eigenvalue weighted by Crippen LogP contribution is 2.11. The van der Waals surface area contributed by atoms with Crippen molar-refractivity contribution in [3.05, 3.63) is 0 Å². The van der Waals surface area contributed by atoms with E-state index >= 15 is 0 Å². The average molecular weight is 387 g/mol. The molecule has 0 aromatic heterocycles. The van der Waals surface area contributed by atoms with Gasteiger partial charge < -0.3 is 18.9 Å². The van der Waals surface area contributed by atoms with Crippen molar-refractivity contribution < 1.29 is 28.5 Å². The maximum Gasteiger partial charge on any atom is 0.508 e. The second kappa shape index (κ2) is 17.9. The predicted octanol–water partition coefficient (Wildman–Crippen LogP) is 6.16. The number of cyclic esters (lactones) is 4. The molecule has 0 atom stereocenters. The highest BCUT2D eigenvalue weighted by atomic mass is 16.7. The number of ether oxygens (including phenoxy) is 4. The third kappa shape index (κ3) is 16.4. The fourth-order valence-electron chi connectivity index (χ4n) is 3.06. The van der Waals surface area contributed by atoms with Gasteiger partial charge in [0, 0.05) is 0 Å². The molecule has 6 heteroatoms. The molecule has 0 unspecified atom stereocenters. The van der Waals surface area contributed by atoms with Crippen LogP contribution in [0.2, 0.25) is 0 Å². The summed E-state index contributed by atoms with van der Waals surface area (Å²) in [5.41, 5.74) is 0. The van der Waals surface area contributed by atoms with E-state index in [4.69, 9.17) is 18.9 Å². The van der Waals surface area contributed by atoms with E-state index in [9.17, 15) is 9.59 Å². The quantitative estimate of drug-likeness (QED) is 0.464. The van der Waals surface area contributed by atoms with Gasteiger partial charge in [0.05, 0.1) is 26.4 Å². The summed E-state index contributed by atoms with van der Waals surface area (Å²) in [6, 6.07) is 0. The zero-order valence-electron chi connectivity index (χ0n) is 16.9. The van der Waals surface area contributed by atoms with Crippen LogP contribution in [0.15, 0.2) is 0 Å². The van der Waals surface area contributed by atoms with Crippen LogP contribution in [0.25, 0.3) is 0 Å². The van der Waals surface area contributed by atoms with Crippen molar-refractivity contribution in [3.8, 4) is 0 Å². The molecule has 1 aliphatic rings. The van der Waals surface area contributed by atoms with Crippen molar-refractivity contribution in [2.24, 2.45) is 0 Å². The molecular formula is C21H38O6. The fourth-order valence-corrected chi connectivity index (χ4v) is 3.06. The molecule has 0 bridgehead atoms. The third-order valence-electron chi connectivity index (χ3n) is 4.71. The van der Waals surface area contributed by atoms with Gasteiger partial charge >= 0.3 is 12.3 Å². The van der Waals surface area contributed by atoms with Crippen LogP contribution in [0.1, 0.15) is 96.3 Å². The monoisotopic (exact) mass is 386 g/mol. The van der Waals surface area contributed by atoms with Gasteiger partial charge in [-0.05, 0) is 25.7 Å². The van der Waals surface area contributed by atoms with Crippen molar-refractivity contribution in [1.29, 1.82) is 0 Å². The molecule has 27 heavy (non-hydrogen) atoms. The van der Waals surface area contributed by atoms with Gasteiger partial charge in [0.1, 0.15) is 0 Å². The molecule has 0 saturated carbocycles. The van der Waals surface area contributed by atoms with Crippen LogP contribution in [0.3, 0.4) is 0 Å². The third-order valence-corrected chi connectivity index (χ3v) is 4.71. The average Bonchev–Trinajstić information content (AvgIpc) is 2.66. The molecular weight excluding hydrogens is 348 g/mol. The molecule has 0 aliphatic carbocycles. The van der Waals surface area contributed by atoms with Gasteiger partial charge in [-0.2, -0.15) is 0 Å². The normalized spacial score (nSPS) is 22.1. The SMILES string of the molecule is O=C1OCCCCCCCCCCCOC(=O)OCCCCCCCCO1. The van der Waals surface area contributed by atoms with Crippen LogP contribution in [0.4, 0.5) is 9.59 Å². The Morgan fingerprint density at radius 2 is 0.519 bits per heavy atom. The van der Waals surface area contributed by atoms with Gasteiger partial charge in [0.2, 0.25) is 0 Å². The highest BCUT2D eigenvalue weighted by molar-refractivity contribution is 5.60. The maximum absolute atomic E-state index is 11.4. The molecule has 0 spiro atoms. The van der Waals surface area contributed by atoms with Gasteiger partial charge in [0.25, 0.3) is 0 Å². The predicted molar refractivity (Wildman–Crippen MR) is 104 cm³/mol. The molecule has 1 heterocycles. The largest absolute Gasteiger partial charge is 0.508 e. The van der Waals surface area contributed by atoms with Gasteiger partial charge in [-0.25, -0.2) is 9.59 Å². The lowest BCUT2D eigenvalue weighted by Crippen LogP contribution is -2.09. The minimum Gasteiger partial charge on any atom is -0.434 e. The summed E-state index contributed by atoms with van der Waals surface area (Å²) in [7, 11) is 0. The maximum atomic E-state index is 11.4. The van der Waals surface area contributed by atoms with E-state index in [0.29, 0.717) is 26.4 Å². The van der Waals surface area contributed by atoms with Crippen LogP contribution in [-0.2, 0) is 18.9 Å². The van der Waals surface area contributed by atoms with Crippen molar-refractivity contribution >= 4 is 12.3 Å². The number of carbonyl (C=O) groups excluding carboxylic acids is 2. The molecule has 1 fully saturated rings. The molecule has 0 radical (unpaired) electrons. The minimum atomic E-state index is -0.537. The first-order valence-corrected chi connectivity index (χ1v) is 10.9. The summed E-state index contributed by atoms with van der Waals surface area (Å²) < 4.78 is 20.3. The summed E-state index contributed by atoms with van der Waals surface area (Å²) >= 11 is 0. The van der Waals surface area contributed by atoms with E-state index in [1.807, 2.05) is 0 Å². The molecule has 1 aliphatic heterocycles. The Balaban J connectivity index is 2.15. The smallest absolute Gasteiger partial charge is 0.434 e. The Hall–Kier alpha value is -1.46. The van der Waals surface area contributed by atoms with Crippen LogP contribution in [0, 0.1) is 0 Å². The molecule has 1 saturated heterocycles. The number of hydrogen-bond acceptors (Lipinski definition) is 6. The fraction of sp³-hybridized carbons (Fsp3) is 0.905. The molecule has 1 rings (SSSR count). The van der Waals surface area contributed by atoms with E-state index in [0.717, 1.165) is 64.2 Å². The molecule has 0 amide bonds. The zero-order valence-corrected chi connectivity index (χ0v) is 16.9. The Bertz CT molecular complexity index is 338. The summed E-state index contributed by atoms with van der Waals surface area (Å²) in [6.07, 6.45) is 14.9.